The Morgan fingerprint density at radius 1 is 0.828 bits per heavy atom. The Hall–Kier alpha value is -3.37. The molecular formula is C24H18ClNO3. The van der Waals surface area contributed by atoms with E-state index in [1.165, 1.54) is 0 Å². The van der Waals surface area contributed by atoms with Crippen LogP contribution in [0, 0.1) is 0 Å². The van der Waals surface area contributed by atoms with Gasteiger partial charge in [0.2, 0.25) is 0 Å². The highest BCUT2D eigenvalue weighted by atomic mass is 35.5. The zero-order chi connectivity index (χ0) is 20.2. The van der Waals surface area contributed by atoms with Crippen LogP contribution in [0.4, 0.5) is 0 Å². The summed E-state index contributed by atoms with van der Waals surface area (Å²) in [6.07, 6.45) is 0. The van der Waals surface area contributed by atoms with Crippen molar-refractivity contribution in [3.05, 3.63) is 117 Å². The SMILES string of the molecule is O=C(c1cc2cc(Cl)ccc2oc1=O)N(Cc1ccccc1)Cc1ccccc1. The molecule has 29 heavy (non-hydrogen) atoms. The van der Waals surface area contributed by atoms with Gasteiger partial charge >= 0.3 is 5.63 Å². The smallest absolute Gasteiger partial charge is 0.349 e. The monoisotopic (exact) mass is 403 g/mol. The van der Waals surface area contributed by atoms with Gasteiger partial charge in [-0.3, -0.25) is 4.79 Å². The highest BCUT2D eigenvalue weighted by Crippen LogP contribution is 2.20. The van der Waals surface area contributed by atoms with E-state index in [0.29, 0.717) is 29.1 Å². The van der Waals surface area contributed by atoms with E-state index in [0.717, 1.165) is 11.1 Å². The normalized spacial score (nSPS) is 10.8. The summed E-state index contributed by atoms with van der Waals surface area (Å²) < 4.78 is 5.36. The Kier molecular flexibility index (Phi) is 5.45. The number of nitrogens with zero attached hydrogens (tertiary/aromatic N) is 1. The summed E-state index contributed by atoms with van der Waals surface area (Å²) in [5.74, 6) is -0.381. The van der Waals surface area contributed by atoms with Crippen LogP contribution in [0.15, 0.2) is 94.1 Å². The molecule has 5 heteroatoms. The van der Waals surface area contributed by atoms with Crippen LogP contribution in [0.25, 0.3) is 11.0 Å². The molecule has 0 spiro atoms. The molecule has 3 aromatic carbocycles. The van der Waals surface area contributed by atoms with Crippen LogP contribution in [-0.2, 0) is 13.1 Å². The molecule has 4 aromatic rings. The minimum absolute atomic E-state index is 0.00775. The first-order chi connectivity index (χ1) is 14.1. The average Bonchev–Trinajstić information content (AvgIpc) is 2.74. The molecule has 0 aliphatic heterocycles. The number of amides is 1. The lowest BCUT2D eigenvalue weighted by Crippen LogP contribution is -2.33. The van der Waals surface area contributed by atoms with Crippen molar-refractivity contribution in [2.45, 2.75) is 13.1 Å². The van der Waals surface area contributed by atoms with Crippen molar-refractivity contribution in [2.75, 3.05) is 0 Å². The van der Waals surface area contributed by atoms with Gasteiger partial charge in [0.15, 0.2) is 0 Å². The Morgan fingerprint density at radius 3 is 2.00 bits per heavy atom. The third-order valence-electron chi connectivity index (χ3n) is 4.64. The van der Waals surface area contributed by atoms with Crippen LogP contribution >= 0.6 is 11.6 Å². The lowest BCUT2D eigenvalue weighted by Gasteiger charge is -2.23. The van der Waals surface area contributed by atoms with Gasteiger partial charge in [0, 0.05) is 23.5 Å². The maximum Gasteiger partial charge on any atom is 0.349 e. The first-order valence-electron chi connectivity index (χ1n) is 9.21. The first-order valence-corrected chi connectivity index (χ1v) is 9.58. The number of hydrogen-bond acceptors (Lipinski definition) is 3. The lowest BCUT2D eigenvalue weighted by atomic mass is 10.1. The van der Waals surface area contributed by atoms with E-state index in [4.69, 9.17) is 16.0 Å². The molecule has 1 amide bonds. The second-order valence-electron chi connectivity index (χ2n) is 6.76. The van der Waals surface area contributed by atoms with Gasteiger partial charge in [-0.05, 0) is 35.4 Å². The summed E-state index contributed by atoms with van der Waals surface area (Å²) in [4.78, 5) is 27.5. The fraction of sp³-hybridized carbons (Fsp3) is 0.0833. The Balaban J connectivity index is 1.73. The van der Waals surface area contributed by atoms with Gasteiger partial charge in [-0.2, -0.15) is 0 Å². The second kappa shape index (κ2) is 8.33. The molecule has 0 bridgehead atoms. The molecule has 0 fully saturated rings. The number of carbonyl (C=O) groups is 1. The Labute approximate surface area is 173 Å². The van der Waals surface area contributed by atoms with Gasteiger partial charge in [0.25, 0.3) is 5.91 Å². The quantitative estimate of drug-likeness (QED) is 0.425. The van der Waals surface area contributed by atoms with Gasteiger partial charge in [0.05, 0.1) is 0 Å². The number of rotatable bonds is 5. The highest BCUT2D eigenvalue weighted by Gasteiger charge is 2.21. The summed E-state index contributed by atoms with van der Waals surface area (Å²) in [6.45, 7) is 0.753. The topological polar surface area (TPSA) is 50.5 Å². The molecule has 1 heterocycles. The molecule has 0 unspecified atom stereocenters. The van der Waals surface area contributed by atoms with Gasteiger partial charge in [-0.25, -0.2) is 4.79 Å². The van der Waals surface area contributed by atoms with E-state index < -0.39 is 5.63 Å². The lowest BCUT2D eigenvalue weighted by molar-refractivity contribution is 0.0726. The Morgan fingerprint density at radius 2 is 1.41 bits per heavy atom. The van der Waals surface area contributed by atoms with E-state index in [9.17, 15) is 9.59 Å². The number of hydrogen-bond donors (Lipinski definition) is 0. The fourth-order valence-electron chi connectivity index (χ4n) is 3.22. The average molecular weight is 404 g/mol. The van der Waals surface area contributed by atoms with E-state index in [1.54, 1.807) is 29.2 Å². The fourth-order valence-corrected chi connectivity index (χ4v) is 3.40. The minimum atomic E-state index is -0.657. The van der Waals surface area contributed by atoms with Crippen LogP contribution in [0.2, 0.25) is 5.02 Å². The van der Waals surface area contributed by atoms with Gasteiger partial charge < -0.3 is 9.32 Å². The van der Waals surface area contributed by atoms with Crippen molar-refractivity contribution >= 4 is 28.5 Å². The van der Waals surface area contributed by atoms with Crippen LogP contribution in [-0.4, -0.2) is 10.8 Å². The zero-order valence-electron chi connectivity index (χ0n) is 15.5. The maximum atomic E-state index is 13.3. The molecule has 4 rings (SSSR count). The van der Waals surface area contributed by atoms with Crippen molar-refractivity contribution in [1.82, 2.24) is 4.90 Å². The summed E-state index contributed by atoms with van der Waals surface area (Å²) in [7, 11) is 0. The largest absolute Gasteiger partial charge is 0.422 e. The van der Waals surface area contributed by atoms with E-state index in [1.807, 2.05) is 60.7 Å². The van der Waals surface area contributed by atoms with Crippen molar-refractivity contribution in [3.63, 3.8) is 0 Å². The van der Waals surface area contributed by atoms with Crippen molar-refractivity contribution < 1.29 is 9.21 Å². The van der Waals surface area contributed by atoms with Crippen molar-refractivity contribution in [3.8, 4) is 0 Å². The molecular weight excluding hydrogens is 386 g/mol. The van der Waals surface area contributed by atoms with E-state index >= 15 is 0 Å². The number of benzene rings is 3. The summed E-state index contributed by atoms with van der Waals surface area (Å²) in [5.41, 5.74) is 1.69. The van der Waals surface area contributed by atoms with Crippen LogP contribution in [0.1, 0.15) is 21.5 Å². The summed E-state index contributed by atoms with van der Waals surface area (Å²) in [5, 5.41) is 1.12. The number of fused-ring (bicyclic) bond motifs is 1. The third kappa shape index (κ3) is 4.39. The predicted molar refractivity (Wildman–Crippen MR) is 114 cm³/mol. The molecule has 0 N–H and O–H groups in total. The molecule has 0 saturated heterocycles. The minimum Gasteiger partial charge on any atom is -0.422 e. The summed E-state index contributed by atoms with van der Waals surface area (Å²) >= 11 is 6.05. The van der Waals surface area contributed by atoms with E-state index in [-0.39, 0.29) is 11.5 Å². The molecule has 1 aromatic heterocycles. The van der Waals surface area contributed by atoms with Gasteiger partial charge in [-0.15, -0.1) is 0 Å². The van der Waals surface area contributed by atoms with Crippen LogP contribution in [0.3, 0.4) is 0 Å². The number of halogens is 1. The molecule has 0 radical (unpaired) electrons. The van der Waals surface area contributed by atoms with Crippen LogP contribution < -0.4 is 5.63 Å². The van der Waals surface area contributed by atoms with E-state index in [2.05, 4.69) is 0 Å². The molecule has 0 saturated carbocycles. The molecule has 144 valence electrons. The van der Waals surface area contributed by atoms with Gasteiger partial charge in [-0.1, -0.05) is 72.3 Å². The maximum absolute atomic E-state index is 13.3. The third-order valence-corrected chi connectivity index (χ3v) is 4.88. The molecule has 0 aliphatic rings. The highest BCUT2D eigenvalue weighted by molar-refractivity contribution is 6.31. The number of carbonyl (C=O) groups excluding carboxylic acids is 1. The first kappa shape index (κ1) is 19.0. The molecule has 0 aliphatic carbocycles. The van der Waals surface area contributed by atoms with Crippen molar-refractivity contribution in [2.24, 2.45) is 0 Å². The summed E-state index contributed by atoms with van der Waals surface area (Å²) in [6, 6.07) is 25.9. The molecule has 4 nitrogen and oxygen atoms in total. The zero-order valence-corrected chi connectivity index (χ0v) is 16.3. The Bertz CT molecular complexity index is 1160. The van der Waals surface area contributed by atoms with Gasteiger partial charge in [0.1, 0.15) is 11.1 Å². The predicted octanol–water partition coefficient (Wildman–Crippen LogP) is 5.29. The standard InChI is InChI=1S/C24H18ClNO3/c25-20-11-12-22-19(13-20)14-21(24(28)29-22)23(27)26(15-17-7-3-1-4-8-17)16-18-9-5-2-6-10-18/h1-14H,15-16H2. The van der Waals surface area contributed by atoms with Crippen LogP contribution in [0.5, 0.6) is 0 Å². The van der Waals surface area contributed by atoms with Crippen molar-refractivity contribution in [1.29, 1.82) is 0 Å². The second-order valence-corrected chi connectivity index (χ2v) is 7.20. The molecule has 0 atom stereocenters.